The Morgan fingerprint density at radius 2 is 1.88 bits per heavy atom. The first-order valence-electron chi connectivity index (χ1n) is 6.33. The zero-order valence-electron chi connectivity index (χ0n) is 9.95. The third-order valence-corrected chi connectivity index (χ3v) is 4.54. The fraction of sp³-hybridized carbons (Fsp3) is 0.833. The number of hydrogen-bond donors (Lipinski definition) is 3. The highest BCUT2D eigenvalue weighted by Gasteiger charge is 2.47. The molecule has 1 amide bonds. The Morgan fingerprint density at radius 1 is 1.29 bits per heavy atom. The van der Waals surface area contributed by atoms with Crippen molar-refractivity contribution < 1.29 is 9.90 Å². The molecular formula is C12H20N2O2S. The summed E-state index contributed by atoms with van der Waals surface area (Å²) in [6.45, 7) is 0. The van der Waals surface area contributed by atoms with E-state index in [1.165, 1.54) is 0 Å². The number of aliphatic hydroxyl groups is 1. The second kappa shape index (κ2) is 4.90. The number of hydrogen-bond acceptors (Lipinski definition) is 3. The van der Waals surface area contributed by atoms with Crippen LogP contribution in [0.4, 0.5) is 0 Å². The van der Waals surface area contributed by atoms with Crippen molar-refractivity contribution >= 4 is 23.1 Å². The van der Waals surface area contributed by atoms with Crippen LogP contribution in [0.3, 0.4) is 0 Å². The van der Waals surface area contributed by atoms with Gasteiger partial charge in [0.2, 0.25) is 5.91 Å². The second-order valence-corrected chi connectivity index (χ2v) is 5.72. The lowest BCUT2D eigenvalue weighted by Gasteiger charge is -2.40. The molecule has 4 N–H and O–H groups in total. The molecule has 2 rings (SSSR count). The molecule has 0 aliphatic heterocycles. The second-order valence-electron chi connectivity index (χ2n) is 5.28. The summed E-state index contributed by atoms with van der Waals surface area (Å²) in [5, 5.41) is 12.5. The van der Waals surface area contributed by atoms with Gasteiger partial charge in [-0.15, -0.1) is 0 Å². The predicted octanol–water partition coefficient (Wildman–Crippen LogP) is 0.862. The molecular weight excluding hydrogens is 236 g/mol. The van der Waals surface area contributed by atoms with Gasteiger partial charge >= 0.3 is 0 Å². The number of rotatable bonds is 3. The number of carbonyl (C=O) groups is 1. The Labute approximate surface area is 107 Å². The Balaban J connectivity index is 1.90. The molecule has 96 valence electrons. The van der Waals surface area contributed by atoms with Crippen molar-refractivity contribution in [1.82, 2.24) is 5.32 Å². The van der Waals surface area contributed by atoms with Gasteiger partial charge in [0.25, 0.3) is 0 Å². The summed E-state index contributed by atoms with van der Waals surface area (Å²) in [6.07, 6.45) is 5.62. The van der Waals surface area contributed by atoms with E-state index in [-0.39, 0.29) is 18.1 Å². The molecule has 0 spiro atoms. The normalized spacial score (nSPS) is 31.4. The van der Waals surface area contributed by atoms with Crippen LogP contribution in [0.25, 0.3) is 0 Å². The van der Waals surface area contributed by atoms with E-state index in [0.717, 1.165) is 44.9 Å². The minimum atomic E-state index is -0.578. The molecule has 0 aromatic heterocycles. The van der Waals surface area contributed by atoms with Gasteiger partial charge in [-0.25, -0.2) is 0 Å². The van der Waals surface area contributed by atoms with Crippen LogP contribution < -0.4 is 11.1 Å². The van der Waals surface area contributed by atoms with Crippen molar-refractivity contribution in [3.63, 3.8) is 0 Å². The lowest BCUT2D eigenvalue weighted by atomic mass is 9.67. The summed E-state index contributed by atoms with van der Waals surface area (Å²) in [5.41, 5.74) is 5.11. The standard InChI is InChI=1S/C12H20N2O2S/c13-10(17)12(6-1-7-12)11(16)14-8-2-4-9(15)5-3-8/h8-9,15H,1-7H2,(H2,13,17)(H,14,16). The third-order valence-electron chi connectivity index (χ3n) is 4.15. The van der Waals surface area contributed by atoms with Crippen LogP contribution in [0.5, 0.6) is 0 Å². The summed E-state index contributed by atoms with van der Waals surface area (Å²) < 4.78 is 0. The molecule has 0 radical (unpaired) electrons. The lowest BCUT2D eigenvalue weighted by Crippen LogP contribution is -2.55. The van der Waals surface area contributed by atoms with Crippen molar-refractivity contribution in [2.75, 3.05) is 0 Å². The lowest BCUT2D eigenvalue weighted by molar-refractivity contribution is -0.132. The molecule has 2 fully saturated rings. The highest BCUT2D eigenvalue weighted by molar-refractivity contribution is 7.80. The van der Waals surface area contributed by atoms with Crippen LogP contribution in [0.2, 0.25) is 0 Å². The molecule has 0 aromatic rings. The zero-order valence-corrected chi connectivity index (χ0v) is 10.8. The molecule has 0 atom stereocenters. The molecule has 2 aliphatic carbocycles. The fourth-order valence-electron chi connectivity index (χ4n) is 2.66. The van der Waals surface area contributed by atoms with Gasteiger partial charge in [-0.1, -0.05) is 18.6 Å². The first kappa shape index (κ1) is 12.8. The van der Waals surface area contributed by atoms with Crippen LogP contribution in [0.15, 0.2) is 0 Å². The van der Waals surface area contributed by atoms with Gasteiger partial charge in [-0.2, -0.15) is 0 Å². The average molecular weight is 256 g/mol. The van der Waals surface area contributed by atoms with E-state index in [1.54, 1.807) is 0 Å². The molecule has 0 bridgehead atoms. The summed E-state index contributed by atoms with van der Waals surface area (Å²) in [4.78, 5) is 12.5. The van der Waals surface area contributed by atoms with Crippen LogP contribution in [0.1, 0.15) is 44.9 Å². The van der Waals surface area contributed by atoms with Gasteiger partial charge in [-0.05, 0) is 38.5 Å². The fourth-order valence-corrected chi connectivity index (χ4v) is 2.96. The number of thiocarbonyl (C=S) groups is 1. The average Bonchev–Trinajstić information content (AvgIpc) is 2.19. The molecule has 0 unspecified atom stereocenters. The van der Waals surface area contributed by atoms with Gasteiger partial charge in [0.15, 0.2) is 0 Å². The highest BCUT2D eigenvalue weighted by atomic mass is 32.1. The first-order chi connectivity index (χ1) is 8.04. The Morgan fingerprint density at radius 3 is 2.29 bits per heavy atom. The number of nitrogens with one attached hydrogen (secondary N) is 1. The smallest absolute Gasteiger partial charge is 0.233 e. The Bertz CT molecular complexity index is 320. The SMILES string of the molecule is NC(=S)C1(C(=O)NC2CCC(O)CC2)CCC1. The van der Waals surface area contributed by atoms with Gasteiger partial charge in [-0.3, -0.25) is 4.79 Å². The summed E-state index contributed by atoms with van der Waals surface area (Å²) >= 11 is 5.02. The molecule has 0 heterocycles. The summed E-state index contributed by atoms with van der Waals surface area (Å²) in [7, 11) is 0. The van der Waals surface area contributed by atoms with E-state index in [2.05, 4.69) is 5.32 Å². The van der Waals surface area contributed by atoms with Crippen LogP contribution in [0, 0.1) is 5.41 Å². The maximum Gasteiger partial charge on any atom is 0.233 e. The van der Waals surface area contributed by atoms with E-state index in [0.29, 0.717) is 4.99 Å². The minimum absolute atomic E-state index is 0.00219. The largest absolute Gasteiger partial charge is 0.393 e. The number of aliphatic hydroxyl groups excluding tert-OH is 1. The van der Waals surface area contributed by atoms with E-state index in [1.807, 2.05) is 0 Å². The Hall–Kier alpha value is -0.680. The maximum absolute atomic E-state index is 12.2. The quantitative estimate of drug-likeness (QED) is 0.655. The molecule has 4 nitrogen and oxygen atoms in total. The zero-order chi connectivity index (χ0) is 12.5. The maximum atomic E-state index is 12.2. The van der Waals surface area contributed by atoms with Crippen molar-refractivity contribution in [3.05, 3.63) is 0 Å². The van der Waals surface area contributed by atoms with Gasteiger partial charge < -0.3 is 16.2 Å². The van der Waals surface area contributed by atoms with Crippen molar-refractivity contribution in [2.45, 2.75) is 57.1 Å². The van der Waals surface area contributed by atoms with Gasteiger partial charge in [0.1, 0.15) is 0 Å². The predicted molar refractivity (Wildman–Crippen MR) is 69.5 cm³/mol. The van der Waals surface area contributed by atoms with E-state index >= 15 is 0 Å². The Kier molecular flexibility index (Phi) is 3.68. The highest BCUT2D eigenvalue weighted by Crippen LogP contribution is 2.41. The monoisotopic (exact) mass is 256 g/mol. The van der Waals surface area contributed by atoms with E-state index in [9.17, 15) is 9.90 Å². The number of carbonyl (C=O) groups excluding carboxylic acids is 1. The number of nitrogens with two attached hydrogens (primary N) is 1. The van der Waals surface area contributed by atoms with Crippen LogP contribution in [-0.4, -0.2) is 28.1 Å². The first-order valence-corrected chi connectivity index (χ1v) is 6.74. The summed E-state index contributed by atoms with van der Waals surface area (Å²) in [6, 6.07) is 0.178. The molecule has 2 aliphatic rings. The van der Waals surface area contributed by atoms with Crippen LogP contribution in [-0.2, 0) is 4.79 Å². The minimum Gasteiger partial charge on any atom is -0.393 e. The van der Waals surface area contributed by atoms with Gasteiger partial charge in [0.05, 0.1) is 16.5 Å². The number of amides is 1. The van der Waals surface area contributed by atoms with Crippen LogP contribution >= 0.6 is 12.2 Å². The third kappa shape index (κ3) is 2.45. The van der Waals surface area contributed by atoms with Crippen molar-refractivity contribution in [2.24, 2.45) is 11.1 Å². The van der Waals surface area contributed by atoms with E-state index < -0.39 is 5.41 Å². The molecule has 0 aromatic carbocycles. The van der Waals surface area contributed by atoms with Gasteiger partial charge in [0, 0.05) is 6.04 Å². The molecule has 5 heteroatoms. The van der Waals surface area contributed by atoms with E-state index in [4.69, 9.17) is 18.0 Å². The van der Waals surface area contributed by atoms with Crippen molar-refractivity contribution in [1.29, 1.82) is 0 Å². The van der Waals surface area contributed by atoms with Crippen molar-refractivity contribution in [3.8, 4) is 0 Å². The molecule has 0 saturated heterocycles. The topological polar surface area (TPSA) is 75.4 Å². The summed E-state index contributed by atoms with van der Waals surface area (Å²) in [5.74, 6) is -0.00219. The molecule has 17 heavy (non-hydrogen) atoms. The molecule has 2 saturated carbocycles.